The number of likely N-dealkylation sites (tertiary alicyclic amines) is 1. The molecule has 1 aliphatic carbocycles. The number of benzene rings is 2. The molecule has 1 aromatic heterocycles. The standard InChI is InChI=1S/C31H36F2N3O6PS/c1-30(2,3)26(35-28(38)25-17-20-15-21(11-13-24(20)44-25)31(32,33)43(40,41)42)29(39)36-14-6-9-23(36)27(37)34-22-12-10-18-7-4-5-8-19(18)16-22/h4-5,7-8,11,13,15,17,22-23,26H,6,9-10,12,14,16H2,1-3H3,(H,34,37)(H,35,38)(H2,40,41,42)/t22-,23-,26+/m0/s1. The van der Waals surface area contributed by atoms with Gasteiger partial charge in [0.2, 0.25) is 11.8 Å². The Kier molecular flexibility index (Phi) is 8.76. The summed E-state index contributed by atoms with van der Waals surface area (Å²) < 4.78 is 40.3. The Bertz CT molecular complexity index is 1650. The van der Waals surface area contributed by atoms with Crippen LogP contribution in [0.25, 0.3) is 10.1 Å². The molecule has 3 aromatic rings. The van der Waals surface area contributed by atoms with E-state index in [0.717, 1.165) is 42.7 Å². The second-order valence-corrected chi connectivity index (χ2v) is 15.4. The highest BCUT2D eigenvalue weighted by atomic mass is 32.1. The summed E-state index contributed by atoms with van der Waals surface area (Å²) in [7, 11) is -5.76. The molecule has 0 unspecified atom stereocenters. The van der Waals surface area contributed by atoms with Gasteiger partial charge in [-0.15, -0.1) is 11.3 Å². The first-order valence-electron chi connectivity index (χ1n) is 14.5. The van der Waals surface area contributed by atoms with Crippen molar-refractivity contribution in [2.75, 3.05) is 6.54 Å². The Morgan fingerprint density at radius 1 is 1.05 bits per heavy atom. The largest absolute Gasteiger partial charge is 0.399 e. The van der Waals surface area contributed by atoms with Crippen molar-refractivity contribution in [3.8, 4) is 0 Å². The molecule has 0 saturated carbocycles. The molecule has 1 aliphatic heterocycles. The average molecular weight is 648 g/mol. The van der Waals surface area contributed by atoms with Crippen LogP contribution in [0.2, 0.25) is 0 Å². The van der Waals surface area contributed by atoms with Gasteiger partial charge in [-0.3, -0.25) is 18.9 Å². The van der Waals surface area contributed by atoms with E-state index in [9.17, 15) is 27.7 Å². The zero-order valence-electron chi connectivity index (χ0n) is 24.7. The van der Waals surface area contributed by atoms with Gasteiger partial charge in [0.15, 0.2) is 0 Å². The molecule has 2 aromatic carbocycles. The number of aryl methyl sites for hydroxylation is 1. The molecular weight excluding hydrogens is 611 g/mol. The molecule has 0 radical (unpaired) electrons. The summed E-state index contributed by atoms with van der Waals surface area (Å²) in [4.78, 5) is 60.6. The van der Waals surface area contributed by atoms with E-state index in [2.05, 4.69) is 22.8 Å². The first-order valence-corrected chi connectivity index (χ1v) is 16.9. The number of carbonyl (C=O) groups is 3. The molecule has 2 aliphatic rings. The van der Waals surface area contributed by atoms with Crippen molar-refractivity contribution in [2.45, 2.75) is 76.7 Å². The van der Waals surface area contributed by atoms with E-state index in [4.69, 9.17) is 9.79 Å². The minimum atomic E-state index is -5.76. The van der Waals surface area contributed by atoms with E-state index in [-0.39, 0.29) is 28.1 Å². The smallest absolute Gasteiger partial charge is 0.351 e. The molecule has 9 nitrogen and oxygen atoms in total. The molecule has 3 atom stereocenters. The summed E-state index contributed by atoms with van der Waals surface area (Å²) in [5.74, 6) is -1.17. The number of nitrogens with zero attached hydrogens (tertiary/aromatic N) is 1. The normalized spacial score (nSPS) is 19.8. The topological polar surface area (TPSA) is 136 Å². The van der Waals surface area contributed by atoms with Crippen molar-refractivity contribution in [1.29, 1.82) is 0 Å². The molecule has 44 heavy (non-hydrogen) atoms. The number of hydrogen-bond acceptors (Lipinski definition) is 5. The molecule has 1 fully saturated rings. The number of thiophene rings is 1. The molecule has 3 amide bonds. The minimum absolute atomic E-state index is 0.0248. The van der Waals surface area contributed by atoms with Crippen LogP contribution in [-0.4, -0.2) is 57.1 Å². The number of rotatable bonds is 7. The van der Waals surface area contributed by atoms with Gasteiger partial charge in [0, 0.05) is 22.8 Å². The Labute approximate surface area is 258 Å². The summed E-state index contributed by atoms with van der Waals surface area (Å²) in [5, 5.41) is 6.17. The van der Waals surface area contributed by atoms with Gasteiger partial charge in [0.1, 0.15) is 12.1 Å². The highest BCUT2D eigenvalue weighted by molar-refractivity contribution is 7.52. The predicted molar refractivity (Wildman–Crippen MR) is 164 cm³/mol. The summed E-state index contributed by atoms with van der Waals surface area (Å²) in [5.41, 5.74) is -3.46. The van der Waals surface area contributed by atoms with Crippen LogP contribution in [0, 0.1) is 5.41 Å². The number of hydrogen-bond donors (Lipinski definition) is 4. The fourth-order valence-electron chi connectivity index (χ4n) is 5.95. The number of fused-ring (bicyclic) bond motifs is 2. The maximum atomic E-state index is 14.3. The van der Waals surface area contributed by atoms with Gasteiger partial charge >= 0.3 is 13.3 Å². The van der Waals surface area contributed by atoms with Crippen LogP contribution in [-0.2, 0) is 32.7 Å². The maximum absolute atomic E-state index is 14.3. The number of amides is 3. The summed E-state index contributed by atoms with van der Waals surface area (Å²) >= 11 is 1.01. The molecule has 236 valence electrons. The van der Waals surface area contributed by atoms with Crippen molar-refractivity contribution in [3.05, 3.63) is 70.1 Å². The lowest BCUT2D eigenvalue weighted by Crippen LogP contribution is -2.58. The minimum Gasteiger partial charge on any atom is -0.351 e. The maximum Gasteiger partial charge on any atom is 0.399 e. The second-order valence-electron chi connectivity index (χ2n) is 12.6. The van der Waals surface area contributed by atoms with Gasteiger partial charge < -0.3 is 25.3 Å². The molecule has 2 heterocycles. The van der Waals surface area contributed by atoms with Crippen LogP contribution in [0.4, 0.5) is 8.78 Å². The fourth-order valence-corrected chi connectivity index (χ4v) is 7.37. The monoisotopic (exact) mass is 647 g/mol. The molecular formula is C31H36F2N3O6PS. The van der Waals surface area contributed by atoms with Gasteiger partial charge in [-0.05, 0) is 72.2 Å². The Hall–Kier alpha value is -3.18. The Morgan fingerprint density at radius 3 is 2.43 bits per heavy atom. The van der Waals surface area contributed by atoms with Crippen molar-refractivity contribution in [2.24, 2.45) is 5.41 Å². The van der Waals surface area contributed by atoms with E-state index in [1.165, 1.54) is 23.3 Å². The molecule has 4 N–H and O–H groups in total. The van der Waals surface area contributed by atoms with Crippen LogP contribution in [0.1, 0.15) is 66.4 Å². The van der Waals surface area contributed by atoms with Gasteiger partial charge in [-0.1, -0.05) is 51.1 Å². The third-order valence-electron chi connectivity index (χ3n) is 8.37. The number of alkyl halides is 2. The molecule has 5 rings (SSSR count). The van der Waals surface area contributed by atoms with Crippen molar-refractivity contribution >= 4 is 46.7 Å². The number of nitrogens with one attached hydrogen (secondary N) is 2. The first-order chi connectivity index (χ1) is 20.6. The van der Waals surface area contributed by atoms with Gasteiger partial charge in [-0.25, -0.2) is 0 Å². The Morgan fingerprint density at radius 2 is 1.75 bits per heavy atom. The lowest BCUT2D eigenvalue weighted by molar-refractivity contribution is -0.142. The van der Waals surface area contributed by atoms with Crippen LogP contribution in [0.15, 0.2) is 48.5 Å². The third kappa shape index (κ3) is 6.44. The van der Waals surface area contributed by atoms with E-state index < -0.39 is 42.2 Å². The Balaban J connectivity index is 1.30. The van der Waals surface area contributed by atoms with Crippen LogP contribution in [0.5, 0.6) is 0 Å². The summed E-state index contributed by atoms with van der Waals surface area (Å²) in [6.07, 6.45) is 3.59. The van der Waals surface area contributed by atoms with E-state index in [1.807, 2.05) is 32.9 Å². The second kappa shape index (κ2) is 12.0. The number of carbonyl (C=O) groups excluding carboxylic acids is 3. The SMILES string of the molecule is CC(C)(C)[C@H](NC(=O)c1cc2cc(C(F)(F)P(=O)(O)O)ccc2s1)C(=O)N1CCC[C@H]1C(=O)N[C@H]1CCc2ccccc2C1. The molecule has 13 heteroatoms. The zero-order valence-corrected chi connectivity index (χ0v) is 26.4. The van der Waals surface area contributed by atoms with Crippen molar-refractivity contribution in [1.82, 2.24) is 15.5 Å². The van der Waals surface area contributed by atoms with E-state index in [0.29, 0.717) is 24.1 Å². The fraction of sp³-hybridized carbons (Fsp3) is 0.452. The highest BCUT2D eigenvalue weighted by Crippen LogP contribution is 2.59. The van der Waals surface area contributed by atoms with E-state index >= 15 is 0 Å². The quantitative estimate of drug-likeness (QED) is 0.269. The molecule has 0 spiro atoms. The van der Waals surface area contributed by atoms with Crippen LogP contribution >= 0.6 is 18.9 Å². The van der Waals surface area contributed by atoms with Crippen molar-refractivity contribution in [3.63, 3.8) is 0 Å². The van der Waals surface area contributed by atoms with E-state index in [1.54, 1.807) is 4.90 Å². The van der Waals surface area contributed by atoms with Crippen LogP contribution < -0.4 is 10.6 Å². The lowest BCUT2D eigenvalue weighted by Gasteiger charge is -2.36. The highest BCUT2D eigenvalue weighted by Gasteiger charge is 2.50. The number of halogens is 2. The van der Waals surface area contributed by atoms with Gasteiger partial charge in [-0.2, -0.15) is 8.78 Å². The summed E-state index contributed by atoms with van der Waals surface area (Å²) in [6.45, 7) is 5.80. The van der Waals surface area contributed by atoms with Gasteiger partial charge in [0.05, 0.1) is 4.88 Å². The predicted octanol–water partition coefficient (Wildman–Crippen LogP) is 4.94. The van der Waals surface area contributed by atoms with Crippen molar-refractivity contribution < 1.29 is 37.5 Å². The first kappa shape index (κ1) is 32.2. The van der Waals surface area contributed by atoms with Crippen LogP contribution in [0.3, 0.4) is 0 Å². The summed E-state index contributed by atoms with van der Waals surface area (Å²) in [6, 6.07) is 11.0. The molecule has 1 saturated heterocycles. The lowest BCUT2D eigenvalue weighted by atomic mass is 9.85. The third-order valence-corrected chi connectivity index (χ3v) is 10.5. The van der Waals surface area contributed by atoms with Gasteiger partial charge in [0.25, 0.3) is 5.91 Å². The average Bonchev–Trinajstić information content (AvgIpc) is 3.61. The zero-order chi connectivity index (χ0) is 32.0. The molecule has 0 bridgehead atoms.